The van der Waals surface area contributed by atoms with Crippen molar-refractivity contribution in [2.75, 3.05) is 31.0 Å². The van der Waals surface area contributed by atoms with Gasteiger partial charge in [0, 0.05) is 49.5 Å². The number of nitrogens with one attached hydrogen (secondary N) is 2. The number of amides is 1. The summed E-state index contributed by atoms with van der Waals surface area (Å²) in [4.78, 5) is 24.5. The Labute approximate surface area is 218 Å². The molecule has 1 saturated heterocycles. The van der Waals surface area contributed by atoms with Crippen molar-refractivity contribution in [1.82, 2.24) is 24.7 Å². The molecule has 5 heterocycles. The first-order chi connectivity index (χ1) is 17.7. The monoisotopic (exact) mass is 523 g/mol. The number of fused-ring (bicyclic) bond motifs is 1. The average Bonchev–Trinajstić information content (AvgIpc) is 3.55. The van der Waals surface area contributed by atoms with Gasteiger partial charge in [0.25, 0.3) is 0 Å². The smallest absolute Gasteiger partial charge is 0.222 e. The van der Waals surface area contributed by atoms with Gasteiger partial charge >= 0.3 is 0 Å². The van der Waals surface area contributed by atoms with Crippen LogP contribution in [0.1, 0.15) is 39.4 Å². The highest BCUT2D eigenvalue weighted by Gasteiger charge is 2.34. The van der Waals surface area contributed by atoms with E-state index in [0.29, 0.717) is 47.1 Å². The molecule has 2 atom stereocenters. The molecule has 1 fully saturated rings. The van der Waals surface area contributed by atoms with E-state index < -0.39 is 0 Å². The summed E-state index contributed by atoms with van der Waals surface area (Å²) >= 11 is 1.46. The Balaban J connectivity index is 1.37. The Morgan fingerprint density at radius 1 is 1.16 bits per heavy atom. The minimum atomic E-state index is -0.202. The summed E-state index contributed by atoms with van der Waals surface area (Å²) in [6, 6.07) is 7.29. The third-order valence-electron chi connectivity index (χ3n) is 5.85. The molecule has 0 unspecified atom stereocenters. The molecular formula is C25H29N7O4S. The summed E-state index contributed by atoms with van der Waals surface area (Å²) in [7, 11) is 1.70. The normalized spacial score (nSPS) is 17.8. The largest absolute Gasteiger partial charge is 0.455 e. The highest BCUT2D eigenvalue weighted by molar-refractivity contribution is 7.22. The van der Waals surface area contributed by atoms with E-state index in [4.69, 9.17) is 19.3 Å². The Bertz CT molecular complexity index is 1430. The number of pyridine rings is 2. The number of nitrogens with zero attached hydrogens (tertiary/aromatic N) is 5. The van der Waals surface area contributed by atoms with Crippen molar-refractivity contribution in [3.05, 3.63) is 42.4 Å². The van der Waals surface area contributed by atoms with Gasteiger partial charge in [0.15, 0.2) is 16.6 Å². The first-order valence-corrected chi connectivity index (χ1v) is 12.7. The maximum absolute atomic E-state index is 11.3. The summed E-state index contributed by atoms with van der Waals surface area (Å²) in [6.07, 6.45) is 3.13. The standard InChI is InChI=1S/C25H29N7O4S/c1-14(33)28-21-9-15(6-7-26-21)36-16-8-19-23(27-11-16)30-24(37-19)29-22-10-20(25(2,3)4)32(31-22)17-12-35-13-18(17)34-5/h6-11,17-18H,12-13H2,1-5H3,(H,26,28,33)(H,27,29,30,31)/t17-,18+/m0/s1. The maximum atomic E-state index is 11.3. The van der Waals surface area contributed by atoms with E-state index in [1.807, 2.05) is 10.7 Å². The van der Waals surface area contributed by atoms with E-state index in [2.05, 4.69) is 52.4 Å². The molecular weight excluding hydrogens is 494 g/mol. The summed E-state index contributed by atoms with van der Waals surface area (Å²) in [5.74, 6) is 2.00. The second-order valence-corrected chi connectivity index (χ2v) is 10.8. The first-order valence-electron chi connectivity index (χ1n) is 11.9. The van der Waals surface area contributed by atoms with E-state index in [1.165, 1.54) is 18.3 Å². The number of thiazole rings is 1. The topological polar surface area (TPSA) is 125 Å². The molecule has 1 aliphatic heterocycles. The molecule has 0 aromatic carbocycles. The third kappa shape index (κ3) is 5.55. The zero-order chi connectivity index (χ0) is 26.2. The predicted octanol–water partition coefficient (Wildman–Crippen LogP) is 4.66. The molecule has 5 rings (SSSR count). The Hall–Kier alpha value is -3.61. The predicted molar refractivity (Wildman–Crippen MR) is 141 cm³/mol. The Morgan fingerprint density at radius 3 is 2.76 bits per heavy atom. The van der Waals surface area contributed by atoms with Gasteiger partial charge in [-0.25, -0.2) is 9.97 Å². The zero-order valence-electron chi connectivity index (χ0n) is 21.3. The average molecular weight is 524 g/mol. The fourth-order valence-electron chi connectivity index (χ4n) is 4.12. The lowest BCUT2D eigenvalue weighted by Gasteiger charge is -2.25. The second-order valence-electron chi connectivity index (χ2n) is 9.79. The highest BCUT2D eigenvalue weighted by Crippen LogP contribution is 2.35. The number of hydrogen-bond donors (Lipinski definition) is 2. The third-order valence-corrected chi connectivity index (χ3v) is 6.76. The first kappa shape index (κ1) is 25.1. The van der Waals surface area contributed by atoms with Crippen molar-refractivity contribution in [2.24, 2.45) is 0 Å². The lowest BCUT2D eigenvalue weighted by atomic mass is 9.91. The van der Waals surface area contributed by atoms with Gasteiger partial charge in [-0.05, 0) is 6.07 Å². The van der Waals surface area contributed by atoms with E-state index in [1.54, 1.807) is 31.6 Å². The number of anilines is 3. The van der Waals surface area contributed by atoms with Crippen molar-refractivity contribution < 1.29 is 19.0 Å². The number of aromatic nitrogens is 5. The Morgan fingerprint density at radius 2 is 2.00 bits per heavy atom. The van der Waals surface area contributed by atoms with Crippen molar-refractivity contribution in [3.8, 4) is 11.5 Å². The minimum absolute atomic E-state index is 0.00543. The van der Waals surface area contributed by atoms with Crippen LogP contribution in [0.2, 0.25) is 0 Å². The van der Waals surface area contributed by atoms with E-state index in [0.717, 1.165) is 10.4 Å². The van der Waals surface area contributed by atoms with Gasteiger partial charge in [-0.2, -0.15) is 10.1 Å². The summed E-state index contributed by atoms with van der Waals surface area (Å²) in [5, 5.41) is 11.5. The molecule has 0 spiro atoms. The molecule has 0 aliphatic carbocycles. The molecule has 0 bridgehead atoms. The fourth-order valence-corrected chi connectivity index (χ4v) is 4.99. The van der Waals surface area contributed by atoms with E-state index in [-0.39, 0.29) is 23.5 Å². The van der Waals surface area contributed by atoms with Crippen molar-refractivity contribution >= 4 is 44.4 Å². The van der Waals surface area contributed by atoms with Crippen LogP contribution in [0.5, 0.6) is 11.5 Å². The number of methoxy groups -OCH3 is 1. The zero-order valence-corrected chi connectivity index (χ0v) is 22.1. The number of ether oxygens (including phenoxy) is 3. The van der Waals surface area contributed by atoms with Crippen molar-refractivity contribution in [2.45, 2.75) is 45.3 Å². The van der Waals surface area contributed by atoms with Crippen LogP contribution >= 0.6 is 11.3 Å². The van der Waals surface area contributed by atoms with Crippen LogP contribution in [0, 0.1) is 0 Å². The summed E-state index contributed by atoms with van der Waals surface area (Å²) in [5.41, 5.74) is 1.56. The Kier molecular flexibility index (Phi) is 6.80. The number of carbonyl (C=O) groups is 1. The van der Waals surface area contributed by atoms with Gasteiger partial charge in [0.05, 0.1) is 24.1 Å². The summed E-state index contributed by atoms with van der Waals surface area (Å²) < 4.78 is 20.1. The van der Waals surface area contributed by atoms with Gasteiger partial charge in [0.1, 0.15) is 29.5 Å². The van der Waals surface area contributed by atoms with Crippen molar-refractivity contribution in [3.63, 3.8) is 0 Å². The number of rotatable bonds is 7. The molecule has 1 aliphatic rings. The lowest BCUT2D eigenvalue weighted by molar-refractivity contribution is -0.114. The molecule has 11 nitrogen and oxygen atoms in total. The van der Waals surface area contributed by atoms with Crippen LogP contribution in [0.25, 0.3) is 10.3 Å². The quantitative estimate of drug-likeness (QED) is 0.356. The van der Waals surface area contributed by atoms with E-state index in [9.17, 15) is 4.79 Å². The molecule has 1 amide bonds. The minimum Gasteiger partial charge on any atom is -0.455 e. The van der Waals surface area contributed by atoms with Crippen molar-refractivity contribution in [1.29, 1.82) is 0 Å². The van der Waals surface area contributed by atoms with Gasteiger partial charge in [-0.3, -0.25) is 9.48 Å². The number of carbonyl (C=O) groups excluding carboxylic acids is 1. The van der Waals surface area contributed by atoms with Gasteiger partial charge in [-0.1, -0.05) is 32.1 Å². The SMILES string of the molecule is CO[C@@H]1COC[C@@H]1n1nc(Nc2nc3ncc(Oc4ccnc(NC(C)=O)c4)cc3s2)cc1C(C)(C)C. The maximum Gasteiger partial charge on any atom is 0.222 e. The van der Waals surface area contributed by atoms with Crippen LogP contribution in [0.15, 0.2) is 36.7 Å². The van der Waals surface area contributed by atoms with E-state index >= 15 is 0 Å². The molecule has 2 N–H and O–H groups in total. The fraction of sp³-hybridized carbons (Fsp3) is 0.400. The van der Waals surface area contributed by atoms with Crippen LogP contribution in [0.3, 0.4) is 0 Å². The molecule has 4 aromatic heterocycles. The van der Waals surface area contributed by atoms with Crippen LogP contribution in [0.4, 0.5) is 16.8 Å². The molecule has 4 aromatic rings. The van der Waals surface area contributed by atoms with Gasteiger partial charge < -0.3 is 24.8 Å². The van der Waals surface area contributed by atoms with Crippen LogP contribution in [-0.4, -0.2) is 57.1 Å². The molecule has 0 radical (unpaired) electrons. The van der Waals surface area contributed by atoms with Crippen LogP contribution in [-0.2, 0) is 19.7 Å². The molecule has 194 valence electrons. The number of hydrogen-bond acceptors (Lipinski definition) is 10. The van der Waals surface area contributed by atoms with Gasteiger partial charge in [0.2, 0.25) is 5.91 Å². The highest BCUT2D eigenvalue weighted by atomic mass is 32.1. The van der Waals surface area contributed by atoms with Crippen LogP contribution < -0.4 is 15.4 Å². The lowest BCUT2D eigenvalue weighted by Crippen LogP contribution is -2.29. The molecule has 37 heavy (non-hydrogen) atoms. The molecule has 12 heteroatoms. The summed E-state index contributed by atoms with van der Waals surface area (Å²) in [6.45, 7) is 9.01. The van der Waals surface area contributed by atoms with Gasteiger partial charge in [-0.15, -0.1) is 0 Å². The second kappa shape index (κ2) is 10.0. The molecule has 0 saturated carbocycles.